The average Bonchev–Trinajstić information content (AvgIpc) is 3.15. The van der Waals surface area contributed by atoms with E-state index < -0.39 is 29.4 Å². The number of fused-ring (bicyclic) bond motifs is 1. The molecule has 1 aliphatic heterocycles. The van der Waals surface area contributed by atoms with Gasteiger partial charge < -0.3 is 10.1 Å². The van der Waals surface area contributed by atoms with Crippen molar-refractivity contribution in [1.29, 1.82) is 0 Å². The van der Waals surface area contributed by atoms with Crippen LogP contribution in [0.3, 0.4) is 0 Å². The van der Waals surface area contributed by atoms with E-state index in [1.54, 1.807) is 6.08 Å². The van der Waals surface area contributed by atoms with Crippen molar-refractivity contribution in [1.82, 2.24) is 4.90 Å². The molecule has 3 amide bonds. The smallest absolute Gasteiger partial charge is 0.294 e. The van der Waals surface area contributed by atoms with Crippen molar-refractivity contribution in [3.63, 3.8) is 0 Å². The van der Waals surface area contributed by atoms with Crippen LogP contribution in [0.15, 0.2) is 83.8 Å². The van der Waals surface area contributed by atoms with Crippen LogP contribution in [0.4, 0.5) is 14.9 Å². The molecule has 1 saturated heterocycles. The van der Waals surface area contributed by atoms with Gasteiger partial charge in [-0.25, -0.2) is 4.39 Å². The number of carbonyl (C=O) groups is 3. The van der Waals surface area contributed by atoms with E-state index in [1.807, 2.05) is 36.4 Å². The molecular weight excluding hydrogens is 745 g/mol. The summed E-state index contributed by atoms with van der Waals surface area (Å²) >= 11 is 5.16. The number of ether oxygens (including phenoxy) is 1. The van der Waals surface area contributed by atoms with Gasteiger partial charge >= 0.3 is 0 Å². The third-order valence-corrected chi connectivity index (χ3v) is 8.36. The van der Waals surface area contributed by atoms with E-state index in [0.29, 0.717) is 6.61 Å². The zero-order valence-corrected chi connectivity index (χ0v) is 25.3. The van der Waals surface area contributed by atoms with E-state index >= 15 is 0 Å². The van der Waals surface area contributed by atoms with Gasteiger partial charge in [-0.05, 0) is 115 Å². The molecule has 4 aromatic rings. The molecule has 196 valence electrons. The minimum absolute atomic E-state index is 0.217. The SMILES string of the molecule is O=C(CN1C(=O)S/C(=C/c2cc(I)c(OCc3cccc4ccccc34)c(I)c2)C1=O)Nc1cccc(F)c1. The summed E-state index contributed by atoms with van der Waals surface area (Å²) in [6, 6.07) is 23.4. The highest BCUT2D eigenvalue weighted by molar-refractivity contribution is 14.1. The zero-order chi connectivity index (χ0) is 27.5. The van der Waals surface area contributed by atoms with Crippen LogP contribution in [0.1, 0.15) is 11.1 Å². The summed E-state index contributed by atoms with van der Waals surface area (Å²) in [4.78, 5) is 38.9. The first-order valence-corrected chi connectivity index (χ1v) is 14.6. The number of benzene rings is 4. The van der Waals surface area contributed by atoms with E-state index in [-0.39, 0.29) is 10.6 Å². The van der Waals surface area contributed by atoms with Crippen molar-refractivity contribution in [2.24, 2.45) is 0 Å². The molecule has 0 aliphatic carbocycles. The highest BCUT2D eigenvalue weighted by Crippen LogP contribution is 2.35. The van der Waals surface area contributed by atoms with Crippen LogP contribution in [0.5, 0.6) is 5.75 Å². The third-order valence-electron chi connectivity index (χ3n) is 5.85. The molecule has 5 rings (SSSR count). The number of hydrogen-bond acceptors (Lipinski definition) is 5. The van der Waals surface area contributed by atoms with Crippen LogP contribution in [-0.2, 0) is 16.2 Å². The first-order chi connectivity index (χ1) is 18.8. The Morgan fingerprint density at radius 1 is 0.974 bits per heavy atom. The van der Waals surface area contributed by atoms with Crippen LogP contribution >= 0.6 is 56.9 Å². The van der Waals surface area contributed by atoms with Gasteiger partial charge in [0.25, 0.3) is 11.1 Å². The van der Waals surface area contributed by atoms with Crippen LogP contribution in [-0.4, -0.2) is 28.5 Å². The van der Waals surface area contributed by atoms with Gasteiger partial charge in [-0.2, -0.15) is 0 Å². The molecule has 4 aromatic carbocycles. The second-order valence-corrected chi connectivity index (χ2v) is 11.9. The van der Waals surface area contributed by atoms with Crippen molar-refractivity contribution in [2.45, 2.75) is 6.61 Å². The van der Waals surface area contributed by atoms with Gasteiger partial charge in [0.05, 0.1) is 12.0 Å². The maximum atomic E-state index is 13.4. The quantitative estimate of drug-likeness (QED) is 0.157. The molecule has 10 heteroatoms. The molecule has 0 atom stereocenters. The molecule has 0 aromatic heterocycles. The van der Waals surface area contributed by atoms with Crippen molar-refractivity contribution in [3.05, 3.63) is 108 Å². The summed E-state index contributed by atoms with van der Waals surface area (Å²) in [6.45, 7) is -0.0577. The van der Waals surface area contributed by atoms with E-state index in [9.17, 15) is 18.8 Å². The largest absolute Gasteiger partial charge is 0.487 e. The topological polar surface area (TPSA) is 75.7 Å². The lowest BCUT2D eigenvalue weighted by Gasteiger charge is -2.13. The number of nitrogens with one attached hydrogen (secondary N) is 1. The molecule has 0 saturated carbocycles. The number of halogens is 3. The maximum absolute atomic E-state index is 13.4. The number of anilines is 1. The van der Waals surface area contributed by atoms with Crippen molar-refractivity contribution >= 4 is 96.5 Å². The molecule has 39 heavy (non-hydrogen) atoms. The lowest BCUT2D eigenvalue weighted by molar-refractivity contribution is -0.127. The summed E-state index contributed by atoms with van der Waals surface area (Å²) in [7, 11) is 0. The lowest BCUT2D eigenvalue weighted by atomic mass is 10.1. The Bertz CT molecular complexity index is 1630. The van der Waals surface area contributed by atoms with Gasteiger partial charge in [0, 0.05) is 5.69 Å². The highest BCUT2D eigenvalue weighted by atomic mass is 127. The molecule has 0 spiro atoms. The van der Waals surface area contributed by atoms with Gasteiger partial charge in [-0.3, -0.25) is 19.3 Å². The molecule has 6 nitrogen and oxygen atoms in total. The Balaban J connectivity index is 1.28. The number of carbonyl (C=O) groups excluding carboxylic acids is 3. The number of nitrogens with zero attached hydrogens (tertiary/aromatic N) is 1. The Morgan fingerprint density at radius 2 is 1.69 bits per heavy atom. The molecule has 1 fully saturated rings. The van der Waals surface area contributed by atoms with Crippen molar-refractivity contribution in [3.8, 4) is 5.75 Å². The number of thioether (sulfide) groups is 1. The second kappa shape index (κ2) is 12.0. The van der Waals surface area contributed by atoms with Crippen molar-refractivity contribution < 1.29 is 23.5 Å². The molecule has 0 unspecified atom stereocenters. The predicted molar refractivity (Wildman–Crippen MR) is 168 cm³/mol. The fourth-order valence-corrected chi connectivity index (χ4v) is 7.03. The lowest BCUT2D eigenvalue weighted by Crippen LogP contribution is -2.36. The maximum Gasteiger partial charge on any atom is 0.294 e. The van der Waals surface area contributed by atoms with E-state index in [1.165, 1.54) is 18.2 Å². The summed E-state index contributed by atoms with van der Waals surface area (Å²) < 4.78 is 21.3. The van der Waals surface area contributed by atoms with Gasteiger partial charge in [0.1, 0.15) is 24.7 Å². The fraction of sp³-hybridized carbons (Fsp3) is 0.0690. The molecule has 0 radical (unpaired) electrons. The minimum Gasteiger partial charge on any atom is -0.487 e. The summed E-state index contributed by atoms with van der Waals surface area (Å²) in [6.07, 6.45) is 1.63. The summed E-state index contributed by atoms with van der Waals surface area (Å²) in [5.41, 5.74) is 2.06. The van der Waals surface area contributed by atoms with Crippen LogP contribution in [0.25, 0.3) is 16.8 Å². The second-order valence-electron chi connectivity index (χ2n) is 8.57. The molecule has 1 N–H and O–H groups in total. The van der Waals surface area contributed by atoms with Crippen LogP contribution < -0.4 is 10.1 Å². The Kier molecular flexibility index (Phi) is 8.52. The number of rotatable bonds is 7. The molecule has 0 bridgehead atoms. The van der Waals surface area contributed by atoms with E-state index in [0.717, 1.165) is 57.5 Å². The van der Waals surface area contributed by atoms with E-state index in [2.05, 4.69) is 68.7 Å². The molecule has 1 heterocycles. The standard InChI is InChI=1S/C29H19FI2N2O4S/c30-20-8-4-9-21(14-20)33-26(35)15-34-28(36)25(39-29(34)37)13-17-11-23(31)27(24(32)12-17)38-16-19-7-3-6-18-5-1-2-10-22(18)19/h1-14H,15-16H2,(H,33,35)/b25-13+. The number of hydrogen-bond donors (Lipinski definition) is 1. The monoisotopic (exact) mass is 764 g/mol. The summed E-state index contributed by atoms with van der Waals surface area (Å²) in [5.74, 6) is -0.916. The first-order valence-electron chi connectivity index (χ1n) is 11.7. The van der Waals surface area contributed by atoms with Gasteiger partial charge in [0.15, 0.2) is 0 Å². The average molecular weight is 764 g/mol. The van der Waals surface area contributed by atoms with Crippen LogP contribution in [0, 0.1) is 13.0 Å². The summed E-state index contributed by atoms with van der Waals surface area (Å²) in [5, 5.41) is 4.25. The predicted octanol–water partition coefficient (Wildman–Crippen LogP) is 7.44. The number of amides is 3. The van der Waals surface area contributed by atoms with E-state index in [4.69, 9.17) is 4.74 Å². The molecule has 1 aliphatic rings. The van der Waals surface area contributed by atoms with Gasteiger partial charge in [0.2, 0.25) is 5.91 Å². The first kappa shape index (κ1) is 27.6. The number of imide groups is 1. The minimum atomic E-state index is -0.596. The third kappa shape index (κ3) is 6.44. The van der Waals surface area contributed by atoms with Gasteiger partial charge in [-0.1, -0.05) is 48.5 Å². The Labute approximate surface area is 255 Å². The van der Waals surface area contributed by atoms with Gasteiger partial charge in [-0.15, -0.1) is 0 Å². The Morgan fingerprint density at radius 3 is 2.46 bits per heavy atom. The highest BCUT2D eigenvalue weighted by Gasteiger charge is 2.36. The van der Waals surface area contributed by atoms with Crippen LogP contribution in [0.2, 0.25) is 0 Å². The molecular formula is C29H19FI2N2O4S. The zero-order valence-electron chi connectivity index (χ0n) is 20.1. The fourth-order valence-electron chi connectivity index (χ4n) is 4.07. The Hall–Kier alpha value is -2.97. The van der Waals surface area contributed by atoms with Crippen molar-refractivity contribution in [2.75, 3.05) is 11.9 Å². The normalized spacial score (nSPS) is 14.3.